The van der Waals surface area contributed by atoms with Gasteiger partial charge < -0.3 is 15.0 Å². The van der Waals surface area contributed by atoms with Crippen LogP contribution in [0.4, 0.5) is 0 Å². The van der Waals surface area contributed by atoms with Gasteiger partial charge in [0.15, 0.2) is 0 Å². The van der Waals surface area contributed by atoms with E-state index < -0.39 is 13.0 Å². The quantitative estimate of drug-likeness (QED) is 0.825. The van der Waals surface area contributed by atoms with Crippen LogP contribution in [0.25, 0.3) is 0 Å². The van der Waals surface area contributed by atoms with Crippen LogP contribution in [0.5, 0.6) is 0 Å². The molecule has 1 aliphatic rings. The van der Waals surface area contributed by atoms with Crippen LogP contribution < -0.4 is 11.2 Å². The van der Waals surface area contributed by atoms with Gasteiger partial charge in [0.2, 0.25) is 0 Å². The van der Waals surface area contributed by atoms with Crippen molar-refractivity contribution in [3.05, 3.63) is 15.8 Å². The first-order valence-electron chi connectivity index (χ1n) is 5.89. The molecular weight excluding hydrogens is 249 g/mol. The lowest BCUT2D eigenvalue weighted by Gasteiger charge is -2.32. The van der Waals surface area contributed by atoms with Crippen molar-refractivity contribution in [2.24, 2.45) is 5.73 Å². The van der Waals surface area contributed by atoms with Crippen molar-refractivity contribution >= 4 is 29.8 Å². The highest BCUT2D eigenvalue weighted by atomic mass is 32.1. The Bertz CT molecular complexity index is 480. The van der Waals surface area contributed by atoms with Gasteiger partial charge in [-0.05, 0) is 51.0 Å². The lowest BCUT2D eigenvalue weighted by molar-refractivity contribution is 0.00578. The fraction of sp³-hybridized carbons (Fsp3) is 0.583. The van der Waals surface area contributed by atoms with Crippen molar-refractivity contribution < 1.29 is 14.1 Å². The molecular formula is C12H18BNO3S. The van der Waals surface area contributed by atoms with E-state index in [0.717, 1.165) is 11.0 Å². The van der Waals surface area contributed by atoms with Crippen LogP contribution in [0.15, 0.2) is 5.38 Å². The minimum atomic E-state index is -0.431. The number of hydrogen-bond acceptors (Lipinski definition) is 4. The Labute approximate surface area is 112 Å². The SMILES string of the molecule is Cc1c(B2OC(C)(C)C(C)(C)O2)csc1C(N)=O. The molecule has 0 bridgehead atoms. The molecule has 4 nitrogen and oxygen atoms in total. The zero-order chi connectivity index (χ0) is 13.7. The van der Waals surface area contributed by atoms with E-state index in [1.807, 2.05) is 40.0 Å². The van der Waals surface area contributed by atoms with Crippen molar-refractivity contribution in [2.75, 3.05) is 0 Å². The summed E-state index contributed by atoms with van der Waals surface area (Å²) < 4.78 is 11.9. The van der Waals surface area contributed by atoms with Gasteiger partial charge in [0, 0.05) is 0 Å². The molecule has 0 saturated carbocycles. The molecule has 2 N–H and O–H groups in total. The molecule has 0 radical (unpaired) electrons. The highest BCUT2D eigenvalue weighted by molar-refractivity contribution is 7.13. The number of hydrogen-bond donors (Lipinski definition) is 1. The van der Waals surface area contributed by atoms with Crippen LogP contribution in [0.1, 0.15) is 42.9 Å². The number of primary amides is 1. The molecule has 1 aromatic heterocycles. The molecule has 1 amide bonds. The molecule has 0 aromatic carbocycles. The van der Waals surface area contributed by atoms with Crippen molar-refractivity contribution in [1.29, 1.82) is 0 Å². The fourth-order valence-corrected chi connectivity index (χ4v) is 2.82. The summed E-state index contributed by atoms with van der Waals surface area (Å²) in [4.78, 5) is 11.8. The van der Waals surface area contributed by atoms with Crippen LogP contribution in [-0.4, -0.2) is 24.2 Å². The first-order valence-corrected chi connectivity index (χ1v) is 6.77. The number of carbonyl (C=O) groups excluding carboxylic acids is 1. The molecule has 6 heteroatoms. The predicted octanol–water partition coefficient (Wildman–Crippen LogP) is 1.45. The summed E-state index contributed by atoms with van der Waals surface area (Å²) in [5.41, 5.74) is 6.32. The van der Waals surface area contributed by atoms with Gasteiger partial charge in [0.1, 0.15) is 0 Å². The maximum absolute atomic E-state index is 11.3. The molecule has 1 fully saturated rings. The minimum absolute atomic E-state index is 0.376. The van der Waals surface area contributed by atoms with Gasteiger partial charge in [-0.25, -0.2) is 0 Å². The van der Waals surface area contributed by atoms with Crippen LogP contribution in [0.3, 0.4) is 0 Å². The van der Waals surface area contributed by atoms with E-state index in [9.17, 15) is 4.79 Å². The number of carbonyl (C=O) groups is 1. The first-order chi connectivity index (χ1) is 8.16. The zero-order valence-electron chi connectivity index (χ0n) is 11.4. The molecule has 18 heavy (non-hydrogen) atoms. The fourth-order valence-electron chi connectivity index (χ4n) is 1.88. The van der Waals surface area contributed by atoms with Crippen molar-refractivity contribution in [2.45, 2.75) is 45.8 Å². The average Bonchev–Trinajstić information content (AvgIpc) is 2.66. The Kier molecular flexibility index (Phi) is 3.08. The molecule has 0 spiro atoms. The normalized spacial score (nSPS) is 21.3. The Hall–Kier alpha value is -0.845. The van der Waals surface area contributed by atoms with Crippen molar-refractivity contribution in [3.8, 4) is 0 Å². The highest BCUT2D eigenvalue weighted by Gasteiger charge is 2.52. The molecule has 1 saturated heterocycles. The summed E-state index contributed by atoms with van der Waals surface area (Å²) in [5.74, 6) is -0.403. The molecule has 1 aliphatic heterocycles. The maximum Gasteiger partial charge on any atom is 0.495 e. The Morgan fingerprint density at radius 1 is 1.28 bits per heavy atom. The third kappa shape index (κ3) is 1.98. The Morgan fingerprint density at radius 3 is 2.17 bits per heavy atom. The van der Waals surface area contributed by atoms with Crippen LogP contribution in [0.2, 0.25) is 0 Å². The van der Waals surface area contributed by atoms with Gasteiger partial charge in [0.05, 0.1) is 16.1 Å². The molecule has 2 rings (SSSR count). The largest absolute Gasteiger partial charge is 0.495 e. The van der Waals surface area contributed by atoms with Gasteiger partial charge in [-0.1, -0.05) is 0 Å². The Morgan fingerprint density at radius 2 is 1.78 bits per heavy atom. The maximum atomic E-state index is 11.3. The van der Waals surface area contributed by atoms with E-state index in [4.69, 9.17) is 15.0 Å². The predicted molar refractivity (Wildman–Crippen MR) is 73.3 cm³/mol. The van der Waals surface area contributed by atoms with Gasteiger partial charge in [0.25, 0.3) is 5.91 Å². The smallest absolute Gasteiger partial charge is 0.399 e. The monoisotopic (exact) mass is 267 g/mol. The second kappa shape index (κ2) is 4.08. The zero-order valence-corrected chi connectivity index (χ0v) is 12.2. The summed E-state index contributed by atoms with van der Waals surface area (Å²) in [6, 6.07) is 0. The van der Waals surface area contributed by atoms with Crippen molar-refractivity contribution in [3.63, 3.8) is 0 Å². The molecule has 2 heterocycles. The molecule has 0 aliphatic carbocycles. The topological polar surface area (TPSA) is 61.6 Å². The van der Waals surface area contributed by atoms with Crippen molar-refractivity contribution in [1.82, 2.24) is 0 Å². The number of amides is 1. The van der Waals surface area contributed by atoms with E-state index in [1.54, 1.807) is 0 Å². The van der Waals surface area contributed by atoms with E-state index in [1.165, 1.54) is 11.3 Å². The van der Waals surface area contributed by atoms with Crippen LogP contribution >= 0.6 is 11.3 Å². The summed E-state index contributed by atoms with van der Waals surface area (Å²) in [6.07, 6.45) is 0. The second-order valence-electron chi connectivity index (χ2n) is 5.60. The van der Waals surface area contributed by atoms with Crippen LogP contribution in [0, 0.1) is 6.92 Å². The van der Waals surface area contributed by atoms with Gasteiger partial charge >= 0.3 is 7.12 Å². The number of thiophene rings is 1. The second-order valence-corrected chi connectivity index (χ2v) is 6.48. The summed E-state index contributed by atoms with van der Waals surface area (Å²) in [5, 5.41) is 1.89. The van der Waals surface area contributed by atoms with E-state index in [0.29, 0.717) is 4.88 Å². The standard InChI is InChI=1S/C12H18BNO3S/c1-7-8(6-18-9(7)10(14)15)13-16-11(2,3)12(4,5)17-13/h6H,1-5H3,(H2,14,15). The summed E-state index contributed by atoms with van der Waals surface area (Å²) in [7, 11) is -0.431. The van der Waals surface area contributed by atoms with E-state index in [2.05, 4.69) is 0 Å². The third-order valence-corrected chi connectivity index (χ3v) is 4.92. The summed E-state index contributed by atoms with van der Waals surface area (Å²) in [6.45, 7) is 9.89. The van der Waals surface area contributed by atoms with E-state index >= 15 is 0 Å². The number of nitrogens with two attached hydrogens (primary N) is 1. The first kappa shape index (κ1) is 13.6. The molecule has 0 atom stereocenters. The molecule has 98 valence electrons. The molecule has 1 aromatic rings. The lowest BCUT2D eigenvalue weighted by atomic mass is 9.78. The average molecular weight is 267 g/mol. The highest BCUT2D eigenvalue weighted by Crippen LogP contribution is 2.37. The van der Waals surface area contributed by atoms with E-state index in [-0.39, 0.29) is 11.2 Å². The van der Waals surface area contributed by atoms with Crippen LogP contribution in [-0.2, 0) is 9.31 Å². The minimum Gasteiger partial charge on any atom is -0.399 e. The van der Waals surface area contributed by atoms with Gasteiger partial charge in [-0.2, -0.15) is 0 Å². The van der Waals surface area contributed by atoms with Gasteiger partial charge in [-0.3, -0.25) is 4.79 Å². The number of rotatable bonds is 2. The molecule has 0 unspecified atom stereocenters. The lowest BCUT2D eigenvalue weighted by Crippen LogP contribution is -2.41. The summed E-state index contributed by atoms with van der Waals surface area (Å²) >= 11 is 1.34. The van der Waals surface area contributed by atoms with Gasteiger partial charge in [-0.15, -0.1) is 11.3 Å². The third-order valence-electron chi connectivity index (χ3n) is 3.81. The Balaban J connectivity index is 2.33.